The summed E-state index contributed by atoms with van der Waals surface area (Å²) >= 11 is 6.18. The molecule has 4 aromatic rings. The number of rotatable bonds is 5. The van der Waals surface area contributed by atoms with Crippen LogP contribution in [0.15, 0.2) is 73.2 Å². The smallest absolute Gasteiger partial charge is 0.416 e. The molecule has 0 radical (unpaired) electrons. The van der Waals surface area contributed by atoms with Crippen LogP contribution in [0.5, 0.6) is 11.5 Å². The number of nitrogens with zero attached hydrogens (tertiary/aromatic N) is 3. The standard InChI is InChI=1S/C23H17ClF3N5O2/c1-32-13-14(12-29-32)20-10-18(8-9-28-20)34-17-6-7-19(24)21(11-17)31-22(33)30-16-4-2-15(3-5-16)23(25,26)27/h2-13H,1H3,(H2,30,31,33). The van der Waals surface area contributed by atoms with Gasteiger partial charge in [0.2, 0.25) is 0 Å². The molecule has 0 saturated heterocycles. The lowest BCUT2D eigenvalue weighted by Crippen LogP contribution is -2.19. The average Bonchev–Trinajstić information content (AvgIpc) is 3.22. The van der Waals surface area contributed by atoms with Gasteiger partial charge >= 0.3 is 12.2 Å². The molecule has 0 spiro atoms. The Hall–Kier alpha value is -4.05. The van der Waals surface area contributed by atoms with Crippen molar-refractivity contribution in [3.8, 4) is 22.8 Å². The van der Waals surface area contributed by atoms with Gasteiger partial charge in [0.15, 0.2) is 0 Å². The minimum absolute atomic E-state index is 0.189. The van der Waals surface area contributed by atoms with Gasteiger partial charge in [0.1, 0.15) is 11.5 Å². The van der Waals surface area contributed by atoms with E-state index >= 15 is 0 Å². The quantitative estimate of drug-likeness (QED) is 0.333. The lowest BCUT2D eigenvalue weighted by atomic mass is 10.2. The van der Waals surface area contributed by atoms with Crippen LogP contribution in [-0.4, -0.2) is 20.8 Å². The van der Waals surface area contributed by atoms with Gasteiger partial charge in [0.25, 0.3) is 0 Å². The summed E-state index contributed by atoms with van der Waals surface area (Å²) in [6, 6.07) is 11.5. The van der Waals surface area contributed by atoms with Gasteiger partial charge in [-0.2, -0.15) is 18.3 Å². The number of hydrogen-bond acceptors (Lipinski definition) is 4. The van der Waals surface area contributed by atoms with Gasteiger partial charge < -0.3 is 15.4 Å². The number of ether oxygens (including phenoxy) is 1. The third-order valence-electron chi connectivity index (χ3n) is 4.62. The van der Waals surface area contributed by atoms with Crippen LogP contribution < -0.4 is 15.4 Å². The summed E-state index contributed by atoms with van der Waals surface area (Å²) in [7, 11) is 1.81. The van der Waals surface area contributed by atoms with Gasteiger partial charge in [-0.1, -0.05) is 11.6 Å². The second-order valence-corrected chi connectivity index (χ2v) is 7.58. The fourth-order valence-corrected chi connectivity index (χ4v) is 3.18. The number of carbonyl (C=O) groups is 1. The van der Waals surface area contributed by atoms with Gasteiger partial charge in [0, 0.05) is 42.8 Å². The molecule has 0 bridgehead atoms. The summed E-state index contributed by atoms with van der Waals surface area (Å²) in [6.07, 6.45) is 0.657. The normalized spacial score (nSPS) is 11.2. The van der Waals surface area contributed by atoms with Gasteiger partial charge in [-0.15, -0.1) is 0 Å². The Bertz CT molecular complexity index is 1320. The number of carbonyl (C=O) groups excluding carboxylic acids is 1. The molecule has 2 aromatic heterocycles. The maximum atomic E-state index is 12.7. The van der Waals surface area contributed by atoms with E-state index in [-0.39, 0.29) is 16.4 Å². The fourth-order valence-electron chi connectivity index (χ4n) is 3.01. The first-order chi connectivity index (χ1) is 16.2. The summed E-state index contributed by atoms with van der Waals surface area (Å²) in [6.45, 7) is 0. The molecule has 174 valence electrons. The highest BCUT2D eigenvalue weighted by atomic mass is 35.5. The Morgan fingerprint density at radius 1 is 1.03 bits per heavy atom. The number of aryl methyl sites for hydroxylation is 1. The van der Waals surface area contributed by atoms with Crippen molar-refractivity contribution in [2.24, 2.45) is 7.05 Å². The Labute approximate surface area is 197 Å². The summed E-state index contributed by atoms with van der Waals surface area (Å²) in [5.41, 5.74) is 1.13. The fraction of sp³-hybridized carbons (Fsp3) is 0.0870. The van der Waals surface area contributed by atoms with Crippen LogP contribution in [0.3, 0.4) is 0 Å². The van der Waals surface area contributed by atoms with E-state index in [0.717, 1.165) is 29.8 Å². The van der Waals surface area contributed by atoms with E-state index in [9.17, 15) is 18.0 Å². The molecule has 0 saturated carbocycles. The monoisotopic (exact) mass is 487 g/mol. The highest BCUT2D eigenvalue weighted by molar-refractivity contribution is 6.33. The Kier molecular flexibility index (Phi) is 6.42. The molecule has 2 aromatic carbocycles. The predicted molar refractivity (Wildman–Crippen MR) is 122 cm³/mol. The molecule has 0 unspecified atom stereocenters. The van der Waals surface area contributed by atoms with Gasteiger partial charge in [-0.25, -0.2) is 4.79 Å². The van der Waals surface area contributed by atoms with Gasteiger partial charge in [-0.05, 0) is 42.5 Å². The van der Waals surface area contributed by atoms with Crippen molar-refractivity contribution in [3.63, 3.8) is 0 Å². The zero-order valence-electron chi connectivity index (χ0n) is 17.6. The van der Waals surface area contributed by atoms with Crippen molar-refractivity contribution in [2.45, 2.75) is 6.18 Å². The molecular weight excluding hydrogens is 471 g/mol. The highest BCUT2D eigenvalue weighted by Crippen LogP contribution is 2.32. The van der Waals surface area contributed by atoms with Crippen molar-refractivity contribution in [3.05, 3.63) is 83.8 Å². The first-order valence-corrected chi connectivity index (χ1v) is 10.2. The SMILES string of the molecule is Cn1cc(-c2cc(Oc3ccc(Cl)c(NC(=O)Nc4ccc(C(F)(F)F)cc4)c3)ccn2)cn1. The summed E-state index contributed by atoms with van der Waals surface area (Å²) in [5.74, 6) is 0.911. The van der Waals surface area contributed by atoms with Crippen LogP contribution in [0.2, 0.25) is 5.02 Å². The molecule has 2 heterocycles. The molecule has 7 nitrogen and oxygen atoms in total. The van der Waals surface area contributed by atoms with E-state index < -0.39 is 17.8 Å². The van der Waals surface area contributed by atoms with E-state index in [2.05, 4.69) is 20.7 Å². The van der Waals surface area contributed by atoms with Crippen molar-refractivity contribution < 1.29 is 22.7 Å². The number of anilines is 2. The Morgan fingerprint density at radius 3 is 2.44 bits per heavy atom. The van der Waals surface area contributed by atoms with Crippen molar-refractivity contribution >= 4 is 29.0 Å². The predicted octanol–water partition coefficient (Wildman–Crippen LogP) is 6.59. The molecule has 2 amide bonds. The molecule has 0 aliphatic rings. The molecule has 2 N–H and O–H groups in total. The molecule has 34 heavy (non-hydrogen) atoms. The number of halogens is 4. The molecule has 4 rings (SSSR count). The number of urea groups is 1. The molecule has 0 fully saturated rings. The largest absolute Gasteiger partial charge is 0.457 e. The van der Waals surface area contributed by atoms with E-state index in [1.54, 1.807) is 48.4 Å². The first-order valence-electron chi connectivity index (χ1n) is 9.85. The summed E-state index contributed by atoms with van der Waals surface area (Å²) in [4.78, 5) is 16.6. The zero-order chi connectivity index (χ0) is 24.3. The third-order valence-corrected chi connectivity index (χ3v) is 4.95. The topological polar surface area (TPSA) is 81.1 Å². The summed E-state index contributed by atoms with van der Waals surface area (Å²) < 4.78 is 45.6. The number of nitrogens with one attached hydrogen (secondary N) is 2. The number of benzene rings is 2. The molecular formula is C23H17ClF3N5O2. The number of aromatic nitrogens is 3. The minimum Gasteiger partial charge on any atom is -0.457 e. The van der Waals surface area contributed by atoms with Crippen LogP contribution in [-0.2, 0) is 13.2 Å². The molecule has 11 heteroatoms. The number of pyridine rings is 1. The molecule has 0 atom stereocenters. The van der Waals surface area contributed by atoms with Crippen molar-refractivity contribution in [1.29, 1.82) is 0 Å². The van der Waals surface area contributed by atoms with E-state index in [4.69, 9.17) is 16.3 Å². The van der Waals surface area contributed by atoms with Crippen LogP contribution in [0.4, 0.5) is 29.3 Å². The lowest BCUT2D eigenvalue weighted by molar-refractivity contribution is -0.137. The Balaban J connectivity index is 1.44. The average molecular weight is 488 g/mol. The third kappa shape index (κ3) is 5.65. The van der Waals surface area contributed by atoms with Crippen molar-refractivity contribution in [1.82, 2.24) is 14.8 Å². The van der Waals surface area contributed by atoms with E-state index in [1.807, 2.05) is 6.20 Å². The number of alkyl halides is 3. The maximum Gasteiger partial charge on any atom is 0.416 e. The van der Waals surface area contributed by atoms with Crippen molar-refractivity contribution in [2.75, 3.05) is 10.6 Å². The van der Waals surface area contributed by atoms with Gasteiger partial charge in [0.05, 0.1) is 28.2 Å². The van der Waals surface area contributed by atoms with E-state index in [1.165, 1.54) is 6.07 Å². The number of amides is 2. The van der Waals surface area contributed by atoms with Gasteiger partial charge in [-0.3, -0.25) is 9.67 Å². The lowest BCUT2D eigenvalue weighted by Gasteiger charge is -2.12. The first kappa shape index (κ1) is 23.1. The van der Waals surface area contributed by atoms with Crippen LogP contribution in [0.25, 0.3) is 11.3 Å². The molecule has 0 aliphatic heterocycles. The number of hydrogen-bond donors (Lipinski definition) is 2. The van der Waals surface area contributed by atoms with Crippen LogP contribution in [0, 0.1) is 0 Å². The Morgan fingerprint density at radius 2 is 1.76 bits per heavy atom. The second kappa shape index (κ2) is 9.44. The minimum atomic E-state index is -4.46. The summed E-state index contributed by atoms with van der Waals surface area (Å²) in [5, 5.41) is 9.40. The second-order valence-electron chi connectivity index (χ2n) is 7.18. The van der Waals surface area contributed by atoms with E-state index in [0.29, 0.717) is 17.2 Å². The zero-order valence-corrected chi connectivity index (χ0v) is 18.4. The maximum absolute atomic E-state index is 12.7. The van der Waals surface area contributed by atoms with Crippen LogP contribution in [0.1, 0.15) is 5.56 Å². The van der Waals surface area contributed by atoms with Crippen LogP contribution >= 0.6 is 11.6 Å². The molecule has 0 aliphatic carbocycles. The highest BCUT2D eigenvalue weighted by Gasteiger charge is 2.30.